The summed E-state index contributed by atoms with van der Waals surface area (Å²) in [7, 11) is 0. The minimum Gasteiger partial charge on any atom is -0.490 e. The number of cyclic esters (lactones) is 1. The van der Waals surface area contributed by atoms with Gasteiger partial charge in [0.25, 0.3) is 0 Å². The molecule has 4 aromatic carbocycles. The summed E-state index contributed by atoms with van der Waals surface area (Å²) in [6.45, 7) is 4.86. The fourth-order valence-electron chi connectivity index (χ4n) is 4.09. The van der Waals surface area contributed by atoms with Gasteiger partial charge in [-0.15, -0.1) is 0 Å². The second-order valence-electron chi connectivity index (χ2n) is 8.34. The first-order valence-corrected chi connectivity index (χ1v) is 12.5. The molecule has 180 valence electrons. The number of nitrogens with zero attached hydrogens (tertiary/aromatic N) is 1. The Labute approximate surface area is 218 Å². The predicted octanol–water partition coefficient (Wildman–Crippen LogP) is 7.23. The first-order valence-electron chi connectivity index (χ1n) is 11.7. The van der Waals surface area contributed by atoms with Crippen molar-refractivity contribution in [2.45, 2.75) is 20.5 Å². The standard InChI is InChI=1S/C30H24BrNO4/c1-3-34-27-17-20(15-25(31)28(27)35-18-22-11-5-4-9-19(22)2)16-26-30(33)36-29(32-26)24-14-8-12-21-10-6-7-13-23(21)24/h4-17H,3,18H2,1-2H3/b26-16-. The molecule has 36 heavy (non-hydrogen) atoms. The lowest BCUT2D eigenvalue weighted by atomic mass is 10.0. The zero-order valence-electron chi connectivity index (χ0n) is 20.0. The van der Waals surface area contributed by atoms with E-state index < -0.39 is 5.97 Å². The quantitative estimate of drug-likeness (QED) is 0.183. The molecule has 0 spiro atoms. The van der Waals surface area contributed by atoms with Crippen LogP contribution in [-0.2, 0) is 16.1 Å². The van der Waals surface area contributed by atoms with Gasteiger partial charge < -0.3 is 14.2 Å². The van der Waals surface area contributed by atoms with Crippen LogP contribution in [0.25, 0.3) is 16.8 Å². The number of fused-ring (bicyclic) bond motifs is 1. The normalized spacial score (nSPS) is 14.1. The van der Waals surface area contributed by atoms with E-state index in [-0.39, 0.29) is 5.70 Å². The first kappa shape index (κ1) is 23.8. The summed E-state index contributed by atoms with van der Waals surface area (Å²) in [6, 6.07) is 25.6. The van der Waals surface area contributed by atoms with Gasteiger partial charge in [0, 0.05) is 5.56 Å². The summed E-state index contributed by atoms with van der Waals surface area (Å²) in [4.78, 5) is 17.2. The highest BCUT2D eigenvalue weighted by Gasteiger charge is 2.25. The number of carbonyl (C=O) groups excluding carboxylic acids is 1. The van der Waals surface area contributed by atoms with Gasteiger partial charge in [0.2, 0.25) is 5.90 Å². The Morgan fingerprint density at radius 1 is 0.972 bits per heavy atom. The average Bonchev–Trinajstić information content (AvgIpc) is 3.24. The molecule has 0 fully saturated rings. The van der Waals surface area contributed by atoms with E-state index >= 15 is 0 Å². The number of esters is 1. The van der Waals surface area contributed by atoms with E-state index in [4.69, 9.17) is 14.2 Å². The van der Waals surface area contributed by atoms with E-state index in [0.29, 0.717) is 30.6 Å². The predicted molar refractivity (Wildman–Crippen MR) is 145 cm³/mol. The second-order valence-corrected chi connectivity index (χ2v) is 9.20. The SMILES string of the molecule is CCOc1cc(/C=C2\N=C(c3cccc4ccccc34)OC2=O)cc(Br)c1OCc1ccccc1C. The highest BCUT2D eigenvalue weighted by atomic mass is 79.9. The van der Waals surface area contributed by atoms with Crippen LogP contribution in [0.4, 0.5) is 0 Å². The van der Waals surface area contributed by atoms with Gasteiger partial charge in [-0.05, 0) is 81.5 Å². The number of aryl methyl sites for hydroxylation is 1. The molecule has 0 amide bonds. The summed E-state index contributed by atoms with van der Waals surface area (Å²) >= 11 is 3.61. The van der Waals surface area contributed by atoms with Crippen LogP contribution in [0.1, 0.15) is 29.2 Å². The molecule has 1 aliphatic heterocycles. The number of benzene rings is 4. The van der Waals surface area contributed by atoms with Gasteiger partial charge in [0.05, 0.1) is 11.1 Å². The van der Waals surface area contributed by atoms with E-state index in [2.05, 4.69) is 33.9 Å². The molecule has 5 nitrogen and oxygen atoms in total. The number of ether oxygens (including phenoxy) is 3. The molecule has 1 aliphatic rings. The lowest BCUT2D eigenvalue weighted by Gasteiger charge is -2.15. The van der Waals surface area contributed by atoms with E-state index in [1.165, 1.54) is 0 Å². The Hall–Kier alpha value is -3.90. The molecule has 0 radical (unpaired) electrons. The van der Waals surface area contributed by atoms with Crippen molar-refractivity contribution < 1.29 is 19.0 Å². The number of halogens is 1. The Morgan fingerprint density at radius 2 is 1.75 bits per heavy atom. The molecule has 5 rings (SSSR count). The van der Waals surface area contributed by atoms with Crippen LogP contribution >= 0.6 is 15.9 Å². The van der Waals surface area contributed by atoms with Crippen LogP contribution in [0.5, 0.6) is 11.5 Å². The maximum Gasteiger partial charge on any atom is 0.363 e. The number of carbonyl (C=O) groups is 1. The maximum atomic E-state index is 12.7. The van der Waals surface area contributed by atoms with Crippen LogP contribution in [0.3, 0.4) is 0 Å². The Bertz CT molecular complexity index is 1520. The van der Waals surface area contributed by atoms with Gasteiger partial charge in [0.1, 0.15) is 6.61 Å². The molecule has 0 atom stereocenters. The molecule has 0 aliphatic carbocycles. The van der Waals surface area contributed by atoms with Crippen LogP contribution in [-0.4, -0.2) is 18.5 Å². The molecule has 0 aromatic heterocycles. The fourth-order valence-corrected chi connectivity index (χ4v) is 4.66. The lowest BCUT2D eigenvalue weighted by Crippen LogP contribution is -2.06. The topological polar surface area (TPSA) is 57.1 Å². The summed E-state index contributed by atoms with van der Waals surface area (Å²) in [5.74, 6) is 0.991. The van der Waals surface area contributed by atoms with E-state index in [1.807, 2.05) is 79.7 Å². The molecule has 0 unspecified atom stereocenters. The van der Waals surface area contributed by atoms with Gasteiger partial charge in [-0.1, -0.05) is 60.7 Å². The highest BCUT2D eigenvalue weighted by Crippen LogP contribution is 2.38. The third-order valence-electron chi connectivity index (χ3n) is 5.91. The van der Waals surface area contributed by atoms with E-state index in [0.717, 1.165) is 37.5 Å². The van der Waals surface area contributed by atoms with Crippen LogP contribution in [0, 0.1) is 6.92 Å². The zero-order chi connectivity index (χ0) is 25.1. The van der Waals surface area contributed by atoms with Crippen molar-refractivity contribution in [3.63, 3.8) is 0 Å². The summed E-state index contributed by atoms with van der Waals surface area (Å²) in [6.07, 6.45) is 1.69. The summed E-state index contributed by atoms with van der Waals surface area (Å²) in [5, 5.41) is 2.03. The second kappa shape index (κ2) is 10.4. The third-order valence-corrected chi connectivity index (χ3v) is 6.50. The minimum absolute atomic E-state index is 0.223. The van der Waals surface area contributed by atoms with Crippen LogP contribution < -0.4 is 9.47 Å². The van der Waals surface area contributed by atoms with Gasteiger partial charge in [0.15, 0.2) is 17.2 Å². The van der Waals surface area contributed by atoms with Crippen molar-refractivity contribution in [3.05, 3.63) is 111 Å². The first-order chi connectivity index (χ1) is 17.5. The van der Waals surface area contributed by atoms with Crippen LogP contribution in [0.2, 0.25) is 0 Å². The van der Waals surface area contributed by atoms with Crippen molar-refractivity contribution in [2.75, 3.05) is 6.61 Å². The Morgan fingerprint density at radius 3 is 2.58 bits per heavy atom. The van der Waals surface area contributed by atoms with Gasteiger partial charge in [-0.2, -0.15) is 0 Å². The monoisotopic (exact) mass is 541 g/mol. The van der Waals surface area contributed by atoms with Crippen LogP contribution in [0.15, 0.2) is 94.0 Å². The van der Waals surface area contributed by atoms with Crippen molar-refractivity contribution in [1.29, 1.82) is 0 Å². The Kier molecular flexibility index (Phi) is 6.87. The number of hydrogen-bond donors (Lipinski definition) is 0. The molecule has 0 saturated carbocycles. The molecular formula is C30H24BrNO4. The number of rotatable bonds is 7. The van der Waals surface area contributed by atoms with Gasteiger partial charge in [-0.25, -0.2) is 9.79 Å². The average molecular weight is 542 g/mol. The molecule has 1 heterocycles. The van der Waals surface area contributed by atoms with Crippen molar-refractivity contribution >= 4 is 44.6 Å². The molecule has 6 heteroatoms. The van der Waals surface area contributed by atoms with Crippen molar-refractivity contribution in [1.82, 2.24) is 0 Å². The summed E-state index contributed by atoms with van der Waals surface area (Å²) < 4.78 is 18.3. The maximum absolute atomic E-state index is 12.7. The van der Waals surface area contributed by atoms with E-state index in [9.17, 15) is 4.79 Å². The fraction of sp³-hybridized carbons (Fsp3) is 0.133. The number of aliphatic imine (C=N–C) groups is 1. The molecule has 0 bridgehead atoms. The lowest BCUT2D eigenvalue weighted by molar-refractivity contribution is -0.129. The van der Waals surface area contributed by atoms with Gasteiger partial charge >= 0.3 is 5.97 Å². The minimum atomic E-state index is -0.494. The molecule has 0 saturated heterocycles. The summed E-state index contributed by atoms with van der Waals surface area (Å²) in [5.41, 5.74) is 4.00. The number of hydrogen-bond acceptors (Lipinski definition) is 5. The highest BCUT2D eigenvalue weighted by molar-refractivity contribution is 9.10. The zero-order valence-corrected chi connectivity index (χ0v) is 21.5. The Balaban J connectivity index is 1.46. The van der Waals surface area contributed by atoms with Crippen molar-refractivity contribution in [2.24, 2.45) is 4.99 Å². The van der Waals surface area contributed by atoms with Crippen molar-refractivity contribution in [3.8, 4) is 11.5 Å². The smallest absolute Gasteiger partial charge is 0.363 e. The van der Waals surface area contributed by atoms with Gasteiger partial charge in [-0.3, -0.25) is 0 Å². The third kappa shape index (κ3) is 4.90. The molecule has 4 aromatic rings. The molecule has 0 N–H and O–H groups in total. The largest absolute Gasteiger partial charge is 0.490 e. The van der Waals surface area contributed by atoms with E-state index in [1.54, 1.807) is 6.08 Å². The molecular weight excluding hydrogens is 518 g/mol.